The number of amides is 1. The summed E-state index contributed by atoms with van der Waals surface area (Å²) in [6.07, 6.45) is 2.60. The molecule has 0 radical (unpaired) electrons. The van der Waals surface area contributed by atoms with Crippen molar-refractivity contribution in [1.82, 2.24) is 15.1 Å². The van der Waals surface area contributed by atoms with Gasteiger partial charge in [-0.05, 0) is 61.7 Å². The summed E-state index contributed by atoms with van der Waals surface area (Å²) in [5.41, 5.74) is 8.52. The molecule has 0 bridgehead atoms. The molecule has 0 saturated carbocycles. The third kappa shape index (κ3) is 5.04. The van der Waals surface area contributed by atoms with E-state index in [1.807, 2.05) is 18.2 Å². The number of phenols is 1. The minimum absolute atomic E-state index is 0.0499. The maximum Gasteiger partial charge on any atom is 0.266 e. The van der Waals surface area contributed by atoms with E-state index in [0.717, 1.165) is 29.4 Å². The lowest BCUT2D eigenvalue weighted by Gasteiger charge is -2.16. The van der Waals surface area contributed by atoms with Gasteiger partial charge in [0, 0.05) is 36.7 Å². The fraction of sp³-hybridized carbons (Fsp3) is 0.360. The predicted molar refractivity (Wildman–Crippen MR) is 125 cm³/mol. The van der Waals surface area contributed by atoms with Crippen molar-refractivity contribution in [3.8, 4) is 11.5 Å². The highest BCUT2D eigenvalue weighted by Crippen LogP contribution is 2.33. The van der Waals surface area contributed by atoms with E-state index in [0.29, 0.717) is 42.8 Å². The molecule has 2 heterocycles. The first-order valence-electron chi connectivity index (χ1n) is 11.3. The van der Waals surface area contributed by atoms with Crippen molar-refractivity contribution in [2.45, 2.75) is 45.2 Å². The minimum Gasteiger partial charge on any atom is -0.507 e. The molecule has 1 aromatic heterocycles. The number of rotatable bonds is 9. The standard InChI is InChI=1S/C25H28F2N4O3/c1-2-7-25(26,27)8-6-21-19-12-20(23(32)13-22(19)30-29-21)24(33)31-14-16-4-5-18(11-17(16)15-31)34-10-3-9-28/h2,4-5,7,11-13,32H,3,6,8-10,14-15,28H2,1H3,(H,29,30)/b7-2+. The number of nitrogens with two attached hydrogens (primary N) is 1. The number of fused-ring (bicyclic) bond motifs is 2. The van der Waals surface area contributed by atoms with Crippen LogP contribution in [0.5, 0.6) is 11.5 Å². The molecule has 0 aliphatic carbocycles. The number of hydrogen-bond donors (Lipinski definition) is 3. The van der Waals surface area contributed by atoms with Gasteiger partial charge in [0.25, 0.3) is 11.8 Å². The summed E-state index contributed by atoms with van der Waals surface area (Å²) in [5.74, 6) is -2.75. The number of allylic oxidation sites excluding steroid dienone is 2. The number of aromatic hydroxyl groups is 1. The molecule has 7 nitrogen and oxygen atoms in total. The maximum atomic E-state index is 13.9. The van der Waals surface area contributed by atoms with Crippen LogP contribution in [0.15, 0.2) is 42.5 Å². The lowest BCUT2D eigenvalue weighted by Crippen LogP contribution is -2.25. The van der Waals surface area contributed by atoms with Gasteiger partial charge in [0.1, 0.15) is 11.5 Å². The molecule has 1 aliphatic heterocycles. The van der Waals surface area contributed by atoms with E-state index in [1.165, 1.54) is 18.2 Å². The van der Waals surface area contributed by atoms with Crippen LogP contribution in [-0.4, -0.2) is 45.2 Å². The van der Waals surface area contributed by atoms with Crippen LogP contribution in [0.1, 0.15) is 46.9 Å². The molecule has 9 heteroatoms. The number of phenolic OH excluding ortho intramolecular Hbond substituents is 1. The van der Waals surface area contributed by atoms with Crippen molar-refractivity contribution < 1.29 is 23.4 Å². The first kappa shape index (κ1) is 23.7. The molecule has 3 aromatic rings. The molecule has 2 aromatic carbocycles. The van der Waals surface area contributed by atoms with Crippen molar-refractivity contribution >= 4 is 16.8 Å². The molecule has 0 unspecified atom stereocenters. The van der Waals surface area contributed by atoms with E-state index in [9.17, 15) is 18.7 Å². The number of benzene rings is 2. The number of nitrogens with zero attached hydrogens (tertiary/aromatic N) is 2. The van der Waals surface area contributed by atoms with Crippen LogP contribution in [0.25, 0.3) is 10.9 Å². The molecule has 1 aliphatic rings. The van der Waals surface area contributed by atoms with E-state index < -0.39 is 12.3 Å². The first-order chi connectivity index (χ1) is 16.3. The van der Waals surface area contributed by atoms with E-state index in [4.69, 9.17) is 10.5 Å². The van der Waals surface area contributed by atoms with E-state index >= 15 is 0 Å². The van der Waals surface area contributed by atoms with Gasteiger partial charge in [0.2, 0.25) is 0 Å². The summed E-state index contributed by atoms with van der Waals surface area (Å²) >= 11 is 0. The smallest absolute Gasteiger partial charge is 0.266 e. The van der Waals surface area contributed by atoms with Gasteiger partial charge in [0.15, 0.2) is 0 Å². The van der Waals surface area contributed by atoms with Crippen LogP contribution in [0.2, 0.25) is 0 Å². The van der Waals surface area contributed by atoms with Gasteiger partial charge in [0.05, 0.1) is 17.7 Å². The zero-order chi connectivity index (χ0) is 24.3. The van der Waals surface area contributed by atoms with E-state index in [-0.39, 0.29) is 23.6 Å². The Balaban J connectivity index is 1.52. The SMILES string of the molecule is C/C=C/C(F)(F)CCc1[nH]nc2cc(O)c(C(=O)N3Cc4ccc(OCCCN)cc4C3)cc12. The third-order valence-corrected chi connectivity index (χ3v) is 5.90. The van der Waals surface area contributed by atoms with Crippen molar-refractivity contribution in [1.29, 1.82) is 0 Å². The zero-order valence-corrected chi connectivity index (χ0v) is 19.0. The number of aromatic nitrogens is 2. The number of aromatic amines is 1. The van der Waals surface area contributed by atoms with E-state index in [2.05, 4.69) is 10.2 Å². The quantitative estimate of drug-likeness (QED) is 0.320. The number of ether oxygens (including phenoxy) is 1. The summed E-state index contributed by atoms with van der Waals surface area (Å²) in [7, 11) is 0. The van der Waals surface area contributed by atoms with Gasteiger partial charge in [-0.1, -0.05) is 12.1 Å². The van der Waals surface area contributed by atoms with Crippen molar-refractivity contribution in [2.24, 2.45) is 5.73 Å². The second-order valence-corrected chi connectivity index (χ2v) is 8.43. The largest absolute Gasteiger partial charge is 0.507 e. The van der Waals surface area contributed by atoms with Crippen LogP contribution >= 0.6 is 0 Å². The molecule has 34 heavy (non-hydrogen) atoms. The summed E-state index contributed by atoms with van der Waals surface area (Å²) in [5, 5.41) is 17.9. The number of nitrogens with one attached hydrogen (secondary N) is 1. The molecule has 4 N–H and O–H groups in total. The second-order valence-electron chi connectivity index (χ2n) is 8.43. The van der Waals surface area contributed by atoms with E-state index in [1.54, 1.807) is 11.8 Å². The van der Waals surface area contributed by atoms with Gasteiger partial charge in [-0.25, -0.2) is 8.78 Å². The molecule has 0 atom stereocenters. The Hall–Kier alpha value is -3.46. The molecule has 0 spiro atoms. The molecular formula is C25H28F2N4O3. The van der Waals surface area contributed by atoms with Crippen molar-refractivity contribution in [3.05, 3.63) is 64.9 Å². The summed E-state index contributed by atoms with van der Waals surface area (Å²) in [4.78, 5) is 14.9. The first-order valence-corrected chi connectivity index (χ1v) is 11.3. The van der Waals surface area contributed by atoms with Gasteiger partial charge in [-0.3, -0.25) is 9.89 Å². The highest BCUT2D eigenvalue weighted by molar-refractivity contribution is 6.01. The summed E-state index contributed by atoms with van der Waals surface area (Å²) < 4.78 is 33.5. The molecule has 4 rings (SSSR count). The lowest BCUT2D eigenvalue weighted by molar-refractivity contribution is 0.0456. The lowest BCUT2D eigenvalue weighted by atomic mass is 10.0. The van der Waals surface area contributed by atoms with Crippen LogP contribution in [-0.2, 0) is 19.5 Å². The van der Waals surface area contributed by atoms with Crippen LogP contribution < -0.4 is 10.5 Å². The Kier molecular flexibility index (Phi) is 6.83. The number of alkyl halides is 2. The van der Waals surface area contributed by atoms with Crippen molar-refractivity contribution in [2.75, 3.05) is 13.2 Å². The Bertz CT molecular complexity index is 1220. The molecule has 1 amide bonds. The second kappa shape index (κ2) is 9.80. The molecular weight excluding hydrogens is 442 g/mol. The van der Waals surface area contributed by atoms with Gasteiger partial charge in [-0.15, -0.1) is 0 Å². The Labute approximate surface area is 196 Å². The van der Waals surface area contributed by atoms with Crippen LogP contribution in [0.4, 0.5) is 8.78 Å². The molecule has 0 fully saturated rings. The number of H-pyrrole nitrogens is 1. The zero-order valence-electron chi connectivity index (χ0n) is 19.0. The summed E-state index contributed by atoms with van der Waals surface area (Å²) in [6.45, 7) is 3.42. The van der Waals surface area contributed by atoms with Gasteiger partial charge >= 0.3 is 0 Å². The molecule has 0 saturated heterocycles. The number of aryl methyl sites for hydroxylation is 1. The number of halogens is 2. The average Bonchev–Trinajstić information content (AvgIpc) is 3.40. The van der Waals surface area contributed by atoms with Crippen LogP contribution in [0, 0.1) is 0 Å². The normalized spacial score (nSPS) is 13.7. The number of carbonyl (C=O) groups is 1. The highest BCUT2D eigenvalue weighted by atomic mass is 19.3. The highest BCUT2D eigenvalue weighted by Gasteiger charge is 2.28. The maximum absolute atomic E-state index is 13.9. The monoisotopic (exact) mass is 470 g/mol. The average molecular weight is 471 g/mol. The topological polar surface area (TPSA) is 104 Å². The Morgan fingerprint density at radius 2 is 2.09 bits per heavy atom. The fourth-order valence-corrected chi connectivity index (χ4v) is 4.13. The summed E-state index contributed by atoms with van der Waals surface area (Å²) in [6, 6.07) is 8.64. The third-order valence-electron chi connectivity index (χ3n) is 5.90. The van der Waals surface area contributed by atoms with Crippen molar-refractivity contribution in [3.63, 3.8) is 0 Å². The number of carbonyl (C=O) groups excluding carboxylic acids is 1. The Morgan fingerprint density at radius 3 is 2.85 bits per heavy atom. The number of hydrogen-bond acceptors (Lipinski definition) is 5. The minimum atomic E-state index is -2.93. The predicted octanol–water partition coefficient (Wildman–Crippen LogP) is 4.30. The van der Waals surface area contributed by atoms with Gasteiger partial charge < -0.3 is 20.5 Å². The van der Waals surface area contributed by atoms with Gasteiger partial charge in [-0.2, -0.15) is 5.10 Å². The fourth-order valence-electron chi connectivity index (χ4n) is 4.13. The van der Waals surface area contributed by atoms with Crippen LogP contribution in [0.3, 0.4) is 0 Å². The Morgan fingerprint density at radius 1 is 1.29 bits per heavy atom. The molecule has 180 valence electrons.